The SMILES string of the molecule is NNC(Cc1ccc(Br)s1)CC1CCCO1. The first-order valence-corrected chi connectivity index (χ1v) is 7.21. The third-order valence-electron chi connectivity index (χ3n) is 2.88. The lowest BCUT2D eigenvalue weighted by atomic mass is 10.0. The van der Waals surface area contributed by atoms with Gasteiger partial charge in [0.15, 0.2) is 0 Å². The molecule has 1 saturated heterocycles. The fourth-order valence-electron chi connectivity index (χ4n) is 2.06. The lowest BCUT2D eigenvalue weighted by Crippen LogP contribution is -2.39. The zero-order valence-corrected chi connectivity index (χ0v) is 11.5. The lowest BCUT2D eigenvalue weighted by molar-refractivity contribution is 0.0947. The Morgan fingerprint density at radius 1 is 1.62 bits per heavy atom. The molecule has 0 amide bonds. The highest BCUT2D eigenvalue weighted by Crippen LogP contribution is 2.25. The van der Waals surface area contributed by atoms with E-state index in [4.69, 9.17) is 10.6 Å². The molecular weight excluding hydrogens is 288 g/mol. The van der Waals surface area contributed by atoms with E-state index in [2.05, 4.69) is 33.5 Å². The van der Waals surface area contributed by atoms with Gasteiger partial charge in [-0.15, -0.1) is 11.3 Å². The third-order valence-corrected chi connectivity index (χ3v) is 4.53. The van der Waals surface area contributed by atoms with Gasteiger partial charge in [-0.25, -0.2) is 0 Å². The maximum atomic E-state index is 5.63. The van der Waals surface area contributed by atoms with Crippen LogP contribution in [0.25, 0.3) is 0 Å². The Morgan fingerprint density at radius 3 is 3.06 bits per heavy atom. The molecule has 2 unspecified atom stereocenters. The average molecular weight is 305 g/mol. The van der Waals surface area contributed by atoms with E-state index in [1.54, 1.807) is 11.3 Å². The maximum absolute atomic E-state index is 5.63. The van der Waals surface area contributed by atoms with Gasteiger partial charge in [-0.1, -0.05) is 0 Å². The van der Waals surface area contributed by atoms with Crippen molar-refractivity contribution in [2.45, 2.75) is 37.8 Å². The fraction of sp³-hybridized carbons (Fsp3) is 0.636. The van der Waals surface area contributed by atoms with Gasteiger partial charge in [0.05, 0.1) is 9.89 Å². The van der Waals surface area contributed by atoms with Crippen molar-refractivity contribution in [1.82, 2.24) is 5.43 Å². The van der Waals surface area contributed by atoms with E-state index in [9.17, 15) is 0 Å². The van der Waals surface area contributed by atoms with E-state index in [0.717, 1.165) is 19.4 Å². The van der Waals surface area contributed by atoms with Crippen molar-refractivity contribution < 1.29 is 4.74 Å². The Labute approximate surface area is 108 Å². The summed E-state index contributed by atoms with van der Waals surface area (Å²) in [6, 6.07) is 4.54. The topological polar surface area (TPSA) is 47.3 Å². The molecule has 0 aromatic carbocycles. The minimum atomic E-state index is 0.314. The summed E-state index contributed by atoms with van der Waals surface area (Å²) in [5, 5.41) is 0. The second-order valence-corrected chi connectivity index (χ2v) is 6.69. The summed E-state index contributed by atoms with van der Waals surface area (Å²) < 4.78 is 6.80. The average Bonchev–Trinajstić information content (AvgIpc) is 2.89. The summed E-state index contributed by atoms with van der Waals surface area (Å²) in [4.78, 5) is 1.35. The summed E-state index contributed by atoms with van der Waals surface area (Å²) in [6.45, 7) is 0.909. The Bertz CT molecular complexity index is 326. The summed E-state index contributed by atoms with van der Waals surface area (Å²) in [6.07, 6.45) is 4.74. The number of rotatable bonds is 5. The molecule has 0 radical (unpaired) electrons. The normalized spacial score (nSPS) is 22.5. The molecule has 3 nitrogen and oxygen atoms in total. The van der Waals surface area contributed by atoms with Crippen LogP contribution in [0, 0.1) is 0 Å². The van der Waals surface area contributed by atoms with Gasteiger partial charge in [0, 0.05) is 17.5 Å². The van der Waals surface area contributed by atoms with Crippen LogP contribution in [-0.2, 0) is 11.2 Å². The number of nitrogens with two attached hydrogens (primary N) is 1. The highest BCUT2D eigenvalue weighted by Gasteiger charge is 2.20. The Morgan fingerprint density at radius 2 is 2.50 bits per heavy atom. The number of halogens is 1. The Kier molecular flexibility index (Phi) is 4.79. The van der Waals surface area contributed by atoms with Gasteiger partial charge in [-0.3, -0.25) is 11.3 Å². The van der Waals surface area contributed by atoms with Gasteiger partial charge >= 0.3 is 0 Å². The van der Waals surface area contributed by atoms with Crippen LogP contribution in [0.4, 0.5) is 0 Å². The van der Waals surface area contributed by atoms with E-state index in [-0.39, 0.29) is 0 Å². The van der Waals surface area contributed by atoms with Crippen molar-refractivity contribution in [2.24, 2.45) is 5.84 Å². The molecule has 0 spiro atoms. The highest BCUT2D eigenvalue weighted by molar-refractivity contribution is 9.11. The second-order valence-electron chi connectivity index (χ2n) is 4.14. The monoisotopic (exact) mass is 304 g/mol. The molecule has 2 heterocycles. The van der Waals surface area contributed by atoms with Crippen LogP contribution in [0.15, 0.2) is 15.9 Å². The predicted molar refractivity (Wildman–Crippen MR) is 70.4 cm³/mol. The van der Waals surface area contributed by atoms with Gasteiger partial charge < -0.3 is 4.74 Å². The first kappa shape index (κ1) is 12.5. The van der Waals surface area contributed by atoms with Crippen molar-refractivity contribution in [2.75, 3.05) is 6.61 Å². The van der Waals surface area contributed by atoms with Gasteiger partial charge in [-0.2, -0.15) is 0 Å². The molecule has 90 valence electrons. The van der Waals surface area contributed by atoms with Crippen LogP contribution in [0.1, 0.15) is 24.1 Å². The van der Waals surface area contributed by atoms with E-state index < -0.39 is 0 Å². The molecular formula is C11H17BrN2OS. The third kappa shape index (κ3) is 3.53. The zero-order chi connectivity index (χ0) is 11.4. The first-order valence-electron chi connectivity index (χ1n) is 5.60. The summed E-state index contributed by atoms with van der Waals surface area (Å²) >= 11 is 5.24. The predicted octanol–water partition coefficient (Wildman–Crippen LogP) is 2.45. The standard InChI is InChI=1S/C11H17BrN2OS/c12-11-4-3-10(16-11)7-8(14-13)6-9-2-1-5-15-9/h3-4,8-9,14H,1-2,5-7,13H2. The minimum absolute atomic E-state index is 0.314. The molecule has 1 aromatic rings. The number of nitrogens with one attached hydrogen (secondary N) is 1. The van der Waals surface area contributed by atoms with Crippen molar-refractivity contribution in [1.29, 1.82) is 0 Å². The van der Waals surface area contributed by atoms with Crippen molar-refractivity contribution in [3.05, 3.63) is 20.8 Å². The summed E-state index contributed by atoms with van der Waals surface area (Å²) in [5.74, 6) is 5.59. The van der Waals surface area contributed by atoms with Crippen molar-refractivity contribution in [3.63, 3.8) is 0 Å². The highest BCUT2D eigenvalue weighted by atomic mass is 79.9. The van der Waals surface area contributed by atoms with Crippen LogP contribution < -0.4 is 11.3 Å². The van der Waals surface area contributed by atoms with Gasteiger partial charge in [0.25, 0.3) is 0 Å². The van der Waals surface area contributed by atoms with E-state index in [0.29, 0.717) is 12.1 Å². The molecule has 1 fully saturated rings. The lowest BCUT2D eigenvalue weighted by Gasteiger charge is -2.18. The first-order chi connectivity index (χ1) is 7.78. The summed E-state index contributed by atoms with van der Waals surface area (Å²) in [7, 11) is 0. The molecule has 0 bridgehead atoms. The quantitative estimate of drug-likeness (QED) is 0.649. The van der Waals surface area contributed by atoms with Crippen LogP contribution in [0.5, 0.6) is 0 Å². The summed E-state index contributed by atoms with van der Waals surface area (Å²) in [5.41, 5.74) is 2.90. The number of hydrogen-bond donors (Lipinski definition) is 2. The van der Waals surface area contributed by atoms with Crippen LogP contribution in [-0.4, -0.2) is 18.8 Å². The molecule has 1 aromatic heterocycles. The van der Waals surface area contributed by atoms with Crippen molar-refractivity contribution in [3.8, 4) is 0 Å². The maximum Gasteiger partial charge on any atom is 0.0701 e. The zero-order valence-electron chi connectivity index (χ0n) is 9.12. The van der Waals surface area contributed by atoms with Gasteiger partial charge in [0.1, 0.15) is 0 Å². The van der Waals surface area contributed by atoms with Crippen molar-refractivity contribution >= 4 is 27.3 Å². The van der Waals surface area contributed by atoms with Crippen LogP contribution >= 0.6 is 27.3 Å². The Hall–Kier alpha value is 0.0600. The fourth-order valence-corrected chi connectivity index (χ4v) is 3.63. The number of hydrazine groups is 1. The largest absolute Gasteiger partial charge is 0.378 e. The number of hydrogen-bond acceptors (Lipinski definition) is 4. The van der Waals surface area contributed by atoms with Crippen LogP contribution in [0.2, 0.25) is 0 Å². The molecule has 1 aliphatic heterocycles. The van der Waals surface area contributed by atoms with Gasteiger partial charge in [-0.05, 0) is 53.7 Å². The molecule has 16 heavy (non-hydrogen) atoms. The van der Waals surface area contributed by atoms with Gasteiger partial charge in [0.2, 0.25) is 0 Å². The molecule has 5 heteroatoms. The second kappa shape index (κ2) is 6.12. The molecule has 1 aliphatic rings. The van der Waals surface area contributed by atoms with Crippen LogP contribution in [0.3, 0.4) is 0 Å². The minimum Gasteiger partial charge on any atom is -0.378 e. The number of ether oxygens (including phenoxy) is 1. The molecule has 2 atom stereocenters. The molecule has 0 aliphatic carbocycles. The van der Waals surface area contributed by atoms with E-state index >= 15 is 0 Å². The smallest absolute Gasteiger partial charge is 0.0701 e. The molecule has 3 N–H and O–H groups in total. The van der Waals surface area contributed by atoms with E-state index in [1.165, 1.54) is 21.5 Å². The number of thiophene rings is 1. The molecule has 0 saturated carbocycles. The Balaban J connectivity index is 1.84. The molecule has 2 rings (SSSR count). The van der Waals surface area contributed by atoms with E-state index in [1.807, 2.05) is 0 Å².